The van der Waals surface area contributed by atoms with Gasteiger partial charge in [0.25, 0.3) is 0 Å². The van der Waals surface area contributed by atoms with Crippen LogP contribution in [0.15, 0.2) is 12.1 Å². The van der Waals surface area contributed by atoms with Gasteiger partial charge in [-0.2, -0.15) is 26.6 Å². The van der Waals surface area contributed by atoms with Crippen molar-refractivity contribution in [2.24, 2.45) is 5.92 Å². The van der Waals surface area contributed by atoms with E-state index in [4.69, 9.17) is 4.74 Å². The van der Waals surface area contributed by atoms with Gasteiger partial charge in [-0.1, -0.05) is 0 Å². The lowest BCUT2D eigenvalue weighted by atomic mass is 9.88. The molecule has 1 aliphatic heterocycles. The molecule has 0 bridgehead atoms. The number of nitrogens with one attached hydrogen (secondary N) is 1. The molecule has 0 aromatic carbocycles. The lowest BCUT2D eigenvalue weighted by Crippen LogP contribution is -2.36. The van der Waals surface area contributed by atoms with Crippen LogP contribution >= 0.6 is 0 Å². The lowest BCUT2D eigenvalue weighted by molar-refractivity contribution is -0.0700. The number of alkyl halides is 3. The minimum atomic E-state index is -5.86. The van der Waals surface area contributed by atoms with Crippen LogP contribution in [0.4, 0.5) is 23.4 Å². The number of hydrogen-bond acceptors (Lipinski definition) is 6. The average Bonchev–Trinajstić information content (AvgIpc) is 2.45. The fourth-order valence-electron chi connectivity index (χ4n) is 2.53. The number of rotatable bonds is 5. The zero-order valence-electron chi connectivity index (χ0n) is 13.6. The van der Waals surface area contributed by atoms with Crippen molar-refractivity contribution in [2.45, 2.75) is 37.8 Å². The van der Waals surface area contributed by atoms with E-state index in [2.05, 4.69) is 14.5 Å². The highest BCUT2D eigenvalue weighted by molar-refractivity contribution is 7.87. The first-order valence-electron chi connectivity index (χ1n) is 7.45. The summed E-state index contributed by atoms with van der Waals surface area (Å²) in [5.74, 6) is -1.93. The van der Waals surface area contributed by atoms with Crippen LogP contribution in [0.2, 0.25) is 0 Å². The minimum absolute atomic E-state index is 0.147. The van der Waals surface area contributed by atoms with Crippen LogP contribution in [0.25, 0.3) is 0 Å². The highest BCUT2D eigenvalue weighted by Crippen LogP contribution is 2.30. The summed E-state index contributed by atoms with van der Waals surface area (Å²) in [6, 6.07) is 1.49. The number of anilines is 1. The summed E-state index contributed by atoms with van der Waals surface area (Å²) in [6.07, 6.45) is 1.44. The Labute approximate surface area is 142 Å². The van der Waals surface area contributed by atoms with Crippen LogP contribution in [0.3, 0.4) is 0 Å². The van der Waals surface area contributed by atoms with Gasteiger partial charge in [0.2, 0.25) is 5.88 Å². The topological polar surface area (TPSA) is 77.5 Å². The maximum atomic E-state index is 13.8. The molecule has 1 aromatic heterocycles. The van der Waals surface area contributed by atoms with Crippen LogP contribution in [0.5, 0.6) is 5.88 Å². The Morgan fingerprint density at radius 2 is 2.08 bits per heavy atom. The zero-order chi connectivity index (χ0) is 18.9. The van der Waals surface area contributed by atoms with Crippen LogP contribution in [-0.2, 0) is 14.9 Å². The number of ether oxygens (including phenoxy) is 1. The van der Waals surface area contributed by atoms with Gasteiger partial charge in [-0.15, -0.1) is 0 Å². The van der Waals surface area contributed by atoms with Crippen LogP contribution < -0.4 is 9.50 Å². The summed E-state index contributed by atoms with van der Waals surface area (Å²) >= 11 is 0. The van der Waals surface area contributed by atoms with Crippen molar-refractivity contribution in [1.82, 2.24) is 4.98 Å². The van der Waals surface area contributed by atoms with Crippen molar-refractivity contribution < 1.29 is 34.9 Å². The molecule has 0 amide bonds. The average molecular weight is 386 g/mol. The number of nitrogens with zero attached hydrogens (tertiary/aromatic N) is 1. The molecule has 25 heavy (non-hydrogen) atoms. The minimum Gasteiger partial charge on any atom is -0.376 e. The highest BCUT2D eigenvalue weighted by atomic mass is 32.2. The van der Waals surface area contributed by atoms with E-state index in [1.165, 1.54) is 0 Å². The molecule has 0 saturated carbocycles. The van der Waals surface area contributed by atoms with Crippen molar-refractivity contribution in [3.8, 4) is 5.88 Å². The van der Waals surface area contributed by atoms with Crippen LogP contribution in [0, 0.1) is 11.7 Å². The number of halogens is 4. The Bertz CT molecular complexity index is 722. The van der Waals surface area contributed by atoms with Crippen LogP contribution in [-0.4, -0.2) is 37.7 Å². The predicted molar refractivity (Wildman–Crippen MR) is 81.0 cm³/mol. The van der Waals surface area contributed by atoms with Gasteiger partial charge in [0, 0.05) is 19.2 Å². The molecule has 6 nitrogen and oxygen atoms in total. The molecule has 2 heterocycles. The first-order valence-corrected chi connectivity index (χ1v) is 8.85. The number of hydrogen-bond donors (Lipinski definition) is 1. The van der Waals surface area contributed by atoms with Crippen molar-refractivity contribution in [3.63, 3.8) is 0 Å². The summed E-state index contributed by atoms with van der Waals surface area (Å²) < 4.78 is 82.1. The zero-order valence-corrected chi connectivity index (χ0v) is 14.4. The highest BCUT2D eigenvalue weighted by Gasteiger charge is 2.48. The number of pyridine rings is 1. The Balaban J connectivity index is 2.07. The third kappa shape index (κ3) is 5.18. The van der Waals surface area contributed by atoms with E-state index < -0.39 is 27.3 Å². The summed E-state index contributed by atoms with van der Waals surface area (Å²) in [6.45, 7) is 4.71. The Morgan fingerprint density at radius 3 is 2.68 bits per heavy atom. The van der Waals surface area contributed by atoms with Crippen molar-refractivity contribution >= 4 is 15.9 Å². The van der Waals surface area contributed by atoms with Gasteiger partial charge in [-0.25, -0.2) is 4.39 Å². The van der Waals surface area contributed by atoms with Gasteiger partial charge in [-0.3, -0.25) is 0 Å². The second-order valence-electron chi connectivity index (χ2n) is 6.31. The molecule has 142 valence electrons. The second kappa shape index (κ2) is 6.94. The fourth-order valence-corrected chi connectivity index (χ4v) is 2.94. The maximum Gasteiger partial charge on any atom is 0.534 e. The predicted octanol–water partition coefficient (Wildman–Crippen LogP) is 3.07. The molecule has 1 fully saturated rings. The van der Waals surface area contributed by atoms with Gasteiger partial charge in [0.15, 0.2) is 11.6 Å². The molecule has 1 atom stereocenters. The third-order valence-electron chi connectivity index (χ3n) is 3.66. The Morgan fingerprint density at radius 1 is 1.40 bits per heavy atom. The van der Waals surface area contributed by atoms with Crippen LogP contribution in [0.1, 0.15) is 26.7 Å². The molecule has 0 aliphatic carbocycles. The molecular weight excluding hydrogens is 368 g/mol. The van der Waals surface area contributed by atoms with Crippen molar-refractivity contribution in [1.29, 1.82) is 0 Å². The smallest absolute Gasteiger partial charge is 0.376 e. The lowest BCUT2D eigenvalue weighted by Gasteiger charge is -2.35. The van der Waals surface area contributed by atoms with E-state index in [1.54, 1.807) is 0 Å². The van der Waals surface area contributed by atoms with E-state index >= 15 is 0 Å². The fraction of sp³-hybridized carbons (Fsp3) is 0.643. The summed E-state index contributed by atoms with van der Waals surface area (Å²) in [5.41, 5.74) is -5.91. The Kier molecular flexibility index (Phi) is 5.47. The summed E-state index contributed by atoms with van der Waals surface area (Å²) in [5, 5.41) is 2.69. The van der Waals surface area contributed by atoms with E-state index in [-0.39, 0.29) is 17.3 Å². The Hall–Kier alpha value is -1.62. The van der Waals surface area contributed by atoms with E-state index in [0.717, 1.165) is 12.5 Å². The molecule has 2 rings (SSSR count). The van der Waals surface area contributed by atoms with Gasteiger partial charge in [0.05, 0.1) is 5.60 Å². The van der Waals surface area contributed by atoms with Gasteiger partial charge < -0.3 is 14.2 Å². The molecule has 1 aliphatic rings. The molecular formula is C14H18F4N2O4S. The normalized spacial score (nSPS) is 21.0. The first kappa shape index (κ1) is 19.7. The van der Waals surface area contributed by atoms with Crippen molar-refractivity contribution in [2.75, 3.05) is 18.5 Å². The summed E-state index contributed by atoms with van der Waals surface area (Å²) in [4.78, 5) is 3.47. The monoisotopic (exact) mass is 386 g/mol. The quantitative estimate of drug-likeness (QED) is 0.476. The molecule has 1 unspecified atom stereocenters. The maximum absolute atomic E-state index is 13.8. The molecule has 1 saturated heterocycles. The molecule has 1 N–H and O–H groups in total. The molecule has 0 radical (unpaired) electrons. The summed E-state index contributed by atoms with van der Waals surface area (Å²) in [7, 11) is -5.86. The first-order chi connectivity index (χ1) is 11.4. The van der Waals surface area contributed by atoms with Crippen molar-refractivity contribution in [3.05, 3.63) is 17.9 Å². The molecule has 0 spiro atoms. The largest absolute Gasteiger partial charge is 0.534 e. The van der Waals surface area contributed by atoms with E-state index in [0.29, 0.717) is 25.6 Å². The van der Waals surface area contributed by atoms with E-state index in [9.17, 15) is 26.0 Å². The standard InChI is InChI=1S/C14H18F4N2O4S/c1-13(2)7-9(5-6-23-13)8-19-12-10(15)3-4-11(20-12)24-25(21,22)14(16,17)18/h3-4,9H,5-8H2,1-2H3,(H,19,20). The van der Waals surface area contributed by atoms with Gasteiger partial charge >= 0.3 is 15.6 Å². The third-order valence-corrected chi connectivity index (χ3v) is 4.61. The van der Waals surface area contributed by atoms with Gasteiger partial charge in [0.1, 0.15) is 0 Å². The van der Waals surface area contributed by atoms with Gasteiger partial charge in [-0.05, 0) is 38.7 Å². The number of aromatic nitrogens is 1. The SMILES string of the molecule is CC1(C)CC(CNc2nc(OS(=O)(=O)C(F)(F)F)ccc2F)CCO1. The second-order valence-corrected chi connectivity index (χ2v) is 7.85. The molecule has 11 heteroatoms. The van der Waals surface area contributed by atoms with E-state index in [1.807, 2.05) is 13.8 Å². The molecule has 1 aromatic rings.